The van der Waals surface area contributed by atoms with Gasteiger partial charge in [-0.25, -0.2) is 0 Å². The van der Waals surface area contributed by atoms with Crippen LogP contribution in [0, 0.1) is 5.41 Å². The van der Waals surface area contributed by atoms with Gasteiger partial charge in [0, 0.05) is 17.4 Å². The lowest BCUT2D eigenvalue weighted by Gasteiger charge is -2.38. The zero-order valence-electron chi connectivity index (χ0n) is 14.9. The van der Waals surface area contributed by atoms with Crippen LogP contribution in [0.4, 0.5) is 0 Å². The molecular formula is C20H24ClNO3. The number of halogens is 1. The summed E-state index contributed by atoms with van der Waals surface area (Å²) < 4.78 is 0. The van der Waals surface area contributed by atoms with Gasteiger partial charge in [0.1, 0.15) is 12.4 Å². The van der Waals surface area contributed by atoms with Crippen molar-refractivity contribution >= 4 is 23.1 Å². The summed E-state index contributed by atoms with van der Waals surface area (Å²) in [5, 5.41) is 15.6. The summed E-state index contributed by atoms with van der Waals surface area (Å²) in [7, 11) is 0. The number of benzene rings is 1. The van der Waals surface area contributed by atoms with Crippen molar-refractivity contribution in [2.24, 2.45) is 10.6 Å². The standard InChI is InChI=1S/C20H24ClNO3/c1-5-10-25-22-15(6-2)17-16(23)12-20(3,4)18(19(17)24)13-8-7-9-14(21)11-13/h5,7-9,11,18,24H,1,6,10,12H2,2-4H3/b22-15-. The van der Waals surface area contributed by atoms with Crippen LogP contribution in [-0.4, -0.2) is 23.2 Å². The maximum Gasteiger partial charge on any atom is 0.168 e. The third kappa shape index (κ3) is 4.13. The summed E-state index contributed by atoms with van der Waals surface area (Å²) in [6, 6.07) is 7.38. The first-order chi connectivity index (χ1) is 11.8. The molecule has 5 heteroatoms. The number of carbonyl (C=O) groups is 1. The van der Waals surface area contributed by atoms with Gasteiger partial charge in [-0.3, -0.25) is 4.79 Å². The van der Waals surface area contributed by atoms with Gasteiger partial charge in [-0.05, 0) is 29.5 Å². The number of rotatable bonds is 6. The first-order valence-corrected chi connectivity index (χ1v) is 8.71. The predicted octanol–water partition coefficient (Wildman–Crippen LogP) is 5.20. The Morgan fingerprint density at radius 3 is 2.84 bits per heavy atom. The van der Waals surface area contributed by atoms with Crippen molar-refractivity contribution in [3.05, 3.63) is 58.8 Å². The molecule has 0 aliphatic heterocycles. The zero-order valence-corrected chi connectivity index (χ0v) is 15.6. The Morgan fingerprint density at radius 2 is 2.24 bits per heavy atom. The summed E-state index contributed by atoms with van der Waals surface area (Å²) in [5.74, 6) is -0.426. The molecule has 0 heterocycles. The van der Waals surface area contributed by atoms with Gasteiger partial charge in [0.15, 0.2) is 5.78 Å². The Morgan fingerprint density at radius 1 is 1.52 bits per heavy atom. The molecule has 0 saturated carbocycles. The number of nitrogens with zero attached hydrogens (tertiary/aromatic N) is 1. The molecule has 1 unspecified atom stereocenters. The Labute approximate surface area is 153 Å². The monoisotopic (exact) mass is 361 g/mol. The molecule has 0 amide bonds. The van der Waals surface area contributed by atoms with E-state index in [1.165, 1.54) is 0 Å². The van der Waals surface area contributed by atoms with E-state index in [1.807, 2.05) is 39.0 Å². The van der Waals surface area contributed by atoms with Gasteiger partial charge in [0.05, 0.1) is 11.3 Å². The molecule has 0 spiro atoms. The van der Waals surface area contributed by atoms with Crippen LogP contribution in [0.25, 0.3) is 0 Å². The highest BCUT2D eigenvalue weighted by Gasteiger charge is 2.44. The molecule has 0 aromatic heterocycles. The van der Waals surface area contributed by atoms with Gasteiger partial charge in [0.25, 0.3) is 0 Å². The Bertz CT molecular complexity index is 734. The highest BCUT2D eigenvalue weighted by atomic mass is 35.5. The van der Waals surface area contributed by atoms with Crippen molar-refractivity contribution in [3.8, 4) is 0 Å². The molecule has 0 saturated heterocycles. The summed E-state index contributed by atoms with van der Waals surface area (Å²) in [4.78, 5) is 17.8. The summed E-state index contributed by atoms with van der Waals surface area (Å²) >= 11 is 6.13. The summed E-state index contributed by atoms with van der Waals surface area (Å²) in [6.45, 7) is 9.63. The predicted molar refractivity (Wildman–Crippen MR) is 101 cm³/mol. The number of carbonyl (C=O) groups excluding carboxylic acids is 1. The van der Waals surface area contributed by atoms with Crippen molar-refractivity contribution in [1.82, 2.24) is 0 Å². The van der Waals surface area contributed by atoms with Crippen LogP contribution in [0.3, 0.4) is 0 Å². The van der Waals surface area contributed by atoms with E-state index >= 15 is 0 Å². The average molecular weight is 362 g/mol. The van der Waals surface area contributed by atoms with Gasteiger partial charge >= 0.3 is 0 Å². The average Bonchev–Trinajstić information content (AvgIpc) is 2.52. The minimum absolute atomic E-state index is 0.0336. The molecule has 1 N–H and O–H groups in total. The SMILES string of the molecule is C=CCO/N=C(/CC)C1=C(O)C(c2cccc(Cl)c2)C(C)(C)CC1=O. The van der Waals surface area contributed by atoms with E-state index in [1.54, 1.807) is 12.1 Å². The minimum Gasteiger partial charge on any atom is -0.511 e. The van der Waals surface area contributed by atoms with Crippen LogP contribution >= 0.6 is 11.6 Å². The molecule has 1 aromatic rings. The molecule has 1 aliphatic carbocycles. The first-order valence-electron chi connectivity index (χ1n) is 8.33. The van der Waals surface area contributed by atoms with Crippen molar-refractivity contribution in [2.45, 2.75) is 39.5 Å². The van der Waals surface area contributed by atoms with E-state index in [2.05, 4.69) is 11.7 Å². The second kappa shape index (κ2) is 7.87. The van der Waals surface area contributed by atoms with Crippen LogP contribution in [0.1, 0.15) is 45.1 Å². The van der Waals surface area contributed by atoms with Crippen LogP contribution in [-0.2, 0) is 9.63 Å². The topological polar surface area (TPSA) is 58.9 Å². The van der Waals surface area contributed by atoms with Crippen LogP contribution in [0.15, 0.2) is 53.4 Å². The van der Waals surface area contributed by atoms with Gasteiger partial charge in [-0.15, -0.1) is 0 Å². The summed E-state index contributed by atoms with van der Waals surface area (Å²) in [5.41, 5.74) is 1.15. The molecule has 134 valence electrons. The van der Waals surface area contributed by atoms with Crippen LogP contribution in [0.2, 0.25) is 5.02 Å². The smallest absolute Gasteiger partial charge is 0.168 e. The Balaban J connectivity index is 2.57. The molecular weight excluding hydrogens is 338 g/mol. The number of aliphatic hydroxyl groups is 1. The van der Waals surface area contributed by atoms with Gasteiger partial charge < -0.3 is 9.94 Å². The maximum atomic E-state index is 12.7. The van der Waals surface area contributed by atoms with Gasteiger partial charge in [0.2, 0.25) is 0 Å². The van der Waals surface area contributed by atoms with E-state index in [4.69, 9.17) is 16.4 Å². The number of ketones is 1. The molecule has 2 rings (SSSR count). The largest absolute Gasteiger partial charge is 0.511 e. The van der Waals surface area contributed by atoms with Crippen molar-refractivity contribution < 1.29 is 14.7 Å². The van der Waals surface area contributed by atoms with E-state index in [0.29, 0.717) is 23.6 Å². The molecule has 1 atom stereocenters. The second-order valence-electron chi connectivity index (χ2n) is 6.81. The quantitative estimate of drug-likeness (QED) is 0.328. The highest BCUT2D eigenvalue weighted by Crippen LogP contribution is 2.48. The number of oxime groups is 1. The fourth-order valence-corrected chi connectivity index (χ4v) is 3.52. The van der Waals surface area contributed by atoms with Crippen LogP contribution in [0.5, 0.6) is 0 Å². The molecule has 0 fully saturated rings. The number of hydrogen-bond donors (Lipinski definition) is 1. The number of aliphatic hydroxyl groups excluding tert-OH is 1. The zero-order chi connectivity index (χ0) is 18.6. The number of Topliss-reactive ketones (excluding diaryl/α,β-unsaturated/α-hetero) is 1. The van der Waals surface area contributed by atoms with E-state index < -0.39 is 5.41 Å². The lowest BCUT2D eigenvalue weighted by atomic mass is 9.65. The van der Waals surface area contributed by atoms with Gasteiger partial charge in [-0.2, -0.15) is 0 Å². The van der Waals surface area contributed by atoms with Gasteiger partial charge in [-0.1, -0.05) is 62.3 Å². The lowest BCUT2D eigenvalue weighted by molar-refractivity contribution is -0.118. The molecule has 4 nitrogen and oxygen atoms in total. The van der Waals surface area contributed by atoms with E-state index in [0.717, 1.165) is 5.56 Å². The third-order valence-corrected chi connectivity index (χ3v) is 4.61. The molecule has 25 heavy (non-hydrogen) atoms. The molecule has 0 radical (unpaired) electrons. The van der Waals surface area contributed by atoms with E-state index in [-0.39, 0.29) is 29.6 Å². The lowest BCUT2D eigenvalue weighted by Crippen LogP contribution is -2.35. The molecule has 0 bridgehead atoms. The second-order valence-corrected chi connectivity index (χ2v) is 7.25. The van der Waals surface area contributed by atoms with Crippen molar-refractivity contribution in [1.29, 1.82) is 0 Å². The van der Waals surface area contributed by atoms with Crippen molar-refractivity contribution in [3.63, 3.8) is 0 Å². The summed E-state index contributed by atoms with van der Waals surface area (Å²) in [6.07, 6.45) is 2.36. The fraction of sp³-hybridized carbons (Fsp3) is 0.400. The number of allylic oxidation sites excluding steroid dienone is 2. The molecule has 1 aliphatic rings. The minimum atomic E-state index is -0.434. The Kier molecular flexibility index (Phi) is 6.07. The highest BCUT2D eigenvalue weighted by molar-refractivity contribution is 6.30. The first kappa shape index (κ1) is 19.3. The Hall–Kier alpha value is -2.07. The molecule has 1 aromatic carbocycles. The normalized spacial score (nSPS) is 20.6. The number of hydrogen-bond acceptors (Lipinski definition) is 4. The third-order valence-electron chi connectivity index (χ3n) is 4.38. The van der Waals surface area contributed by atoms with E-state index in [9.17, 15) is 9.90 Å². The van der Waals surface area contributed by atoms with Crippen LogP contribution < -0.4 is 0 Å². The fourth-order valence-electron chi connectivity index (χ4n) is 3.32. The maximum absolute atomic E-state index is 12.7. The van der Waals surface area contributed by atoms with Crippen molar-refractivity contribution in [2.75, 3.05) is 6.61 Å².